The number of rotatable bonds is 6. The number of carbonyl (C=O) groups is 1. The van der Waals surface area contributed by atoms with Gasteiger partial charge in [-0.25, -0.2) is 0 Å². The van der Waals surface area contributed by atoms with Gasteiger partial charge in [0.2, 0.25) is 0 Å². The van der Waals surface area contributed by atoms with Crippen molar-refractivity contribution in [2.24, 2.45) is 0 Å². The van der Waals surface area contributed by atoms with Crippen molar-refractivity contribution in [1.29, 1.82) is 0 Å². The second-order valence-electron chi connectivity index (χ2n) is 6.05. The van der Waals surface area contributed by atoms with Gasteiger partial charge in [0.25, 0.3) is 5.91 Å². The fourth-order valence-corrected chi connectivity index (χ4v) is 2.76. The van der Waals surface area contributed by atoms with E-state index in [4.69, 9.17) is 9.47 Å². The summed E-state index contributed by atoms with van der Waals surface area (Å²) >= 11 is 0. The second kappa shape index (κ2) is 7.97. The van der Waals surface area contributed by atoms with Crippen molar-refractivity contribution in [3.05, 3.63) is 47.8 Å². The maximum Gasteiger partial charge on any atom is 0.274 e. The van der Waals surface area contributed by atoms with Crippen molar-refractivity contribution in [2.75, 3.05) is 20.2 Å². The molecule has 6 nitrogen and oxygen atoms in total. The molecule has 1 amide bonds. The van der Waals surface area contributed by atoms with Gasteiger partial charge < -0.3 is 14.4 Å². The van der Waals surface area contributed by atoms with Crippen LogP contribution in [-0.2, 0) is 11.3 Å². The third kappa shape index (κ3) is 4.35. The fraction of sp³-hybridized carbons (Fsp3) is 0.444. The number of nitrogens with one attached hydrogen (secondary N) is 1. The molecule has 1 aliphatic heterocycles. The third-order valence-corrected chi connectivity index (χ3v) is 4.09. The lowest BCUT2D eigenvalue weighted by molar-refractivity contribution is -0.000291. The van der Waals surface area contributed by atoms with E-state index in [-0.39, 0.29) is 12.0 Å². The Bertz CT molecular complexity index is 651. The van der Waals surface area contributed by atoms with Gasteiger partial charge in [0.15, 0.2) is 5.69 Å². The van der Waals surface area contributed by atoms with Gasteiger partial charge in [0, 0.05) is 20.2 Å². The third-order valence-electron chi connectivity index (χ3n) is 4.09. The summed E-state index contributed by atoms with van der Waals surface area (Å²) in [4.78, 5) is 14.1. The highest BCUT2D eigenvalue weighted by molar-refractivity contribution is 5.92. The van der Waals surface area contributed by atoms with Crippen LogP contribution in [0.4, 0.5) is 0 Å². The Morgan fingerprint density at radius 2 is 2.21 bits per heavy atom. The number of nitrogens with zero attached hydrogens (tertiary/aromatic N) is 2. The number of ether oxygens (including phenoxy) is 2. The lowest BCUT2D eigenvalue weighted by atomic mass is 10.1. The Morgan fingerprint density at radius 1 is 1.38 bits per heavy atom. The first-order valence-electron chi connectivity index (χ1n) is 8.31. The molecule has 6 heteroatoms. The topological polar surface area (TPSA) is 67.4 Å². The number of para-hydroxylation sites is 1. The van der Waals surface area contributed by atoms with E-state index in [0.717, 1.165) is 37.3 Å². The predicted octanol–water partition coefficient (Wildman–Crippen LogP) is 2.63. The average molecular weight is 329 g/mol. The van der Waals surface area contributed by atoms with Crippen LogP contribution in [0.1, 0.15) is 35.4 Å². The van der Waals surface area contributed by atoms with Crippen molar-refractivity contribution in [1.82, 2.24) is 15.1 Å². The molecular weight excluding hydrogens is 306 g/mol. The summed E-state index contributed by atoms with van der Waals surface area (Å²) in [5.74, 6) is 0.679. The number of likely N-dealkylation sites (N-methyl/N-ethyl adjacent to an activating group) is 1. The number of H-pyrrole nitrogens is 1. The molecular formula is C18H23N3O3. The molecule has 2 aromatic rings. The molecule has 1 saturated heterocycles. The summed E-state index contributed by atoms with van der Waals surface area (Å²) in [7, 11) is 1.79. The van der Waals surface area contributed by atoms with E-state index in [0.29, 0.717) is 18.8 Å². The highest BCUT2D eigenvalue weighted by Gasteiger charge is 2.21. The Balaban J connectivity index is 1.52. The van der Waals surface area contributed by atoms with Gasteiger partial charge in [-0.2, -0.15) is 5.10 Å². The van der Waals surface area contributed by atoms with E-state index in [1.54, 1.807) is 18.0 Å². The molecule has 1 fully saturated rings. The minimum Gasteiger partial charge on any atom is -0.487 e. The summed E-state index contributed by atoms with van der Waals surface area (Å²) in [6.45, 7) is 1.73. The fourth-order valence-electron chi connectivity index (χ4n) is 2.76. The molecule has 1 aromatic heterocycles. The number of amides is 1. The largest absolute Gasteiger partial charge is 0.487 e. The smallest absolute Gasteiger partial charge is 0.274 e. The summed E-state index contributed by atoms with van der Waals surface area (Å²) < 4.78 is 11.3. The molecule has 0 aliphatic carbocycles. The number of hydrogen-bond acceptors (Lipinski definition) is 4. The lowest BCUT2D eigenvalue weighted by Crippen LogP contribution is -2.37. The highest BCUT2D eigenvalue weighted by atomic mass is 16.5. The van der Waals surface area contributed by atoms with E-state index in [1.807, 2.05) is 30.3 Å². The number of carbonyl (C=O) groups excluding carboxylic acids is 1. The van der Waals surface area contributed by atoms with Gasteiger partial charge in [0.1, 0.15) is 12.4 Å². The van der Waals surface area contributed by atoms with E-state index in [1.165, 1.54) is 0 Å². The highest BCUT2D eigenvalue weighted by Crippen LogP contribution is 2.15. The molecule has 24 heavy (non-hydrogen) atoms. The molecule has 1 unspecified atom stereocenters. The van der Waals surface area contributed by atoms with Crippen molar-refractivity contribution in [3.63, 3.8) is 0 Å². The summed E-state index contributed by atoms with van der Waals surface area (Å²) in [6.07, 6.45) is 3.41. The maximum atomic E-state index is 12.5. The molecule has 1 N–H and O–H groups in total. The number of benzene rings is 1. The Labute approximate surface area is 141 Å². The van der Waals surface area contributed by atoms with Gasteiger partial charge in [-0.3, -0.25) is 9.89 Å². The molecule has 128 valence electrons. The molecule has 0 bridgehead atoms. The first-order valence-corrected chi connectivity index (χ1v) is 8.31. The first-order chi connectivity index (χ1) is 11.7. The normalized spacial score (nSPS) is 17.5. The number of aromatic nitrogens is 2. The van der Waals surface area contributed by atoms with Crippen LogP contribution in [0.25, 0.3) is 0 Å². The predicted molar refractivity (Wildman–Crippen MR) is 89.9 cm³/mol. The lowest BCUT2D eigenvalue weighted by Gasteiger charge is -2.27. The summed E-state index contributed by atoms with van der Waals surface area (Å²) in [5.41, 5.74) is 1.17. The van der Waals surface area contributed by atoms with Crippen LogP contribution in [-0.4, -0.2) is 47.3 Å². The van der Waals surface area contributed by atoms with Gasteiger partial charge in [0.05, 0.1) is 11.8 Å². The van der Waals surface area contributed by atoms with E-state index in [2.05, 4.69) is 10.2 Å². The second-order valence-corrected chi connectivity index (χ2v) is 6.05. The minimum atomic E-state index is -0.105. The standard InChI is InChI=1S/C18H23N3O3/c1-21(12-16-9-5-6-10-23-16)18(22)17-11-14(19-20-17)13-24-15-7-3-2-4-8-15/h2-4,7-8,11,16H,5-6,9-10,12-13H2,1H3,(H,19,20). The molecule has 3 rings (SSSR count). The quantitative estimate of drug-likeness (QED) is 0.885. The Morgan fingerprint density at radius 3 is 2.96 bits per heavy atom. The van der Waals surface area contributed by atoms with E-state index < -0.39 is 0 Å². The molecule has 2 heterocycles. The van der Waals surface area contributed by atoms with E-state index in [9.17, 15) is 4.79 Å². The van der Waals surface area contributed by atoms with Crippen molar-refractivity contribution in [2.45, 2.75) is 32.0 Å². The molecule has 0 spiro atoms. The van der Waals surface area contributed by atoms with Gasteiger partial charge in [-0.05, 0) is 37.5 Å². The maximum absolute atomic E-state index is 12.5. The number of aromatic amines is 1. The van der Waals surface area contributed by atoms with Crippen LogP contribution in [0.3, 0.4) is 0 Å². The Hall–Kier alpha value is -2.34. The minimum absolute atomic E-state index is 0.105. The first kappa shape index (κ1) is 16.5. The van der Waals surface area contributed by atoms with E-state index >= 15 is 0 Å². The SMILES string of the molecule is CN(CC1CCCCO1)C(=O)c1cc(COc2ccccc2)[nH]n1. The van der Waals surface area contributed by atoms with Crippen molar-refractivity contribution in [3.8, 4) is 5.75 Å². The van der Waals surface area contributed by atoms with Crippen molar-refractivity contribution >= 4 is 5.91 Å². The zero-order valence-electron chi connectivity index (χ0n) is 13.9. The molecule has 1 atom stereocenters. The Kier molecular flexibility index (Phi) is 5.48. The van der Waals surface area contributed by atoms with Crippen LogP contribution in [0.5, 0.6) is 5.75 Å². The van der Waals surface area contributed by atoms with Gasteiger partial charge in [-0.1, -0.05) is 18.2 Å². The summed E-state index contributed by atoms with van der Waals surface area (Å²) in [6, 6.07) is 11.3. The zero-order chi connectivity index (χ0) is 16.8. The summed E-state index contributed by atoms with van der Waals surface area (Å²) in [5, 5.41) is 6.97. The van der Waals surface area contributed by atoms with Gasteiger partial charge in [-0.15, -0.1) is 0 Å². The van der Waals surface area contributed by atoms with Crippen LogP contribution in [0.2, 0.25) is 0 Å². The molecule has 1 aliphatic rings. The van der Waals surface area contributed by atoms with Gasteiger partial charge >= 0.3 is 0 Å². The van der Waals surface area contributed by atoms with Crippen molar-refractivity contribution < 1.29 is 14.3 Å². The van der Waals surface area contributed by atoms with Crippen LogP contribution >= 0.6 is 0 Å². The number of hydrogen-bond donors (Lipinski definition) is 1. The zero-order valence-corrected chi connectivity index (χ0v) is 13.9. The molecule has 1 aromatic carbocycles. The van der Waals surface area contributed by atoms with Crippen LogP contribution in [0, 0.1) is 0 Å². The molecule has 0 radical (unpaired) electrons. The monoisotopic (exact) mass is 329 g/mol. The molecule has 0 saturated carbocycles. The van der Waals surface area contributed by atoms with Crippen LogP contribution in [0.15, 0.2) is 36.4 Å². The van der Waals surface area contributed by atoms with Crippen LogP contribution < -0.4 is 4.74 Å². The average Bonchev–Trinajstić information content (AvgIpc) is 3.10.